The normalized spacial score (nSPS) is 20.7. The van der Waals surface area contributed by atoms with Gasteiger partial charge in [0, 0.05) is 10.8 Å². The van der Waals surface area contributed by atoms with Gasteiger partial charge in [-0.2, -0.15) is 0 Å². The van der Waals surface area contributed by atoms with Crippen LogP contribution in [0.4, 0.5) is 0 Å². The van der Waals surface area contributed by atoms with Gasteiger partial charge in [-0.25, -0.2) is 0 Å². The van der Waals surface area contributed by atoms with Crippen LogP contribution in [-0.4, -0.2) is 0 Å². The molecule has 1 unspecified atom stereocenters. The van der Waals surface area contributed by atoms with Crippen LogP contribution in [0.1, 0.15) is 28.8 Å². The van der Waals surface area contributed by atoms with Crippen LogP contribution < -0.4 is 0 Å². The van der Waals surface area contributed by atoms with Gasteiger partial charge in [0.1, 0.15) is 0 Å². The van der Waals surface area contributed by atoms with Crippen LogP contribution in [-0.2, 0) is 0 Å². The maximum atomic E-state index is 2.25. The number of hydrogen-bond donors (Lipinski definition) is 0. The second kappa shape index (κ2) is 2.91. The molecule has 0 spiro atoms. The van der Waals surface area contributed by atoms with Gasteiger partial charge in [0.25, 0.3) is 0 Å². The molecule has 12 heavy (non-hydrogen) atoms. The van der Waals surface area contributed by atoms with Gasteiger partial charge in [-0.05, 0) is 23.4 Å². The second-order valence-electron chi connectivity index (χ2n) is 3.23. The Morgan fingerprint density at radius 2 is 2.17 bits per heavy atom. The standard InChI is InChI=1S/C11H12S/c1-8-5-3-4-6-10-9(2)7-12-11(8)10/h3-8H,1-2H3. The molecular weight excluding hydrogens is 164 g/mol. The van der Waals surface area contributed by atoms with Crippen LogP contribution in [0.25, 0.3) is 6.08 Å². The summed E-state index contributed by atoms with van der Waals surface area (Å²) in [5.41, 5.74) is 2.83. The predicted molar refractivity (Wildman–Crippen MR) is 55.6 cm³/mol. The van der Waals surface area contributed by atoms with Crippen molar-refractivity contribution in [2.45, 2.75) is 19.8 Å². The molecule has 0 aromatic carbocycles. The maximum absolute atomic E-state index is 2.25. The summed E-state index contributed by atoms with van der Waals surface area (Å²) in [5.74, 6) is 0.577. The van der Waals surface area contributed by atoms with Crippen LogP contribution in [0.2, 0.25) is 0 Å². The summed E-state index contributed by atoms with van der Waals surface area (Å²) < 4.78 is 0. The van der Waals surface area contributed by atoms with E-state index in [0.29, 0.717) is 5.92 Å². The average Bonchev–Trinajstić information content (AvgIpc) is 2.30. The Balaban J connectivity index is 2.58. The van der Waals surface area contributed by atoms with Crippen molar-refractivity contribution in [1.82, 2.24) is 0 Å². The minimum absolute atomic E-state index is 0.577. The topological polar surface area (TPSA) is 0 Å². The van der Waals surface area contributed by atoms with E-state index in [4.69, 9.17) is 0 Å². The Bertz CT molecular complexity index is 342. The van der Waals surface area contributed by atoms with E-state index in [1.807, 2.05) is 11.3 Å². The average molecular weight is 176 g/mol. The van der Waals surface area contributed by atoms with Crippen molar-refractivity contribution in [1.29, 1.82) is 0 Å². The van der Waals surface area contributed by atoms with Crippen molar-refractivity contribution in [3.05, 3.63) is 39.6 Å². The first-order valence-corrected chi connectivity index (χ1v) is 5.10. The molecule has 2 rings (SSSR count). The summed E-state index contributed by atoms with van der Waals surface area (Å²) in [4.78, 5) is 1.50. The molecule has 0 N–H and O–H groups in total. The van der Waals surface area contributed by atoms with Crippen molar-refractivity contribution < 1.29 is 0 Å². The highest BCUT2D eigenvalue weighted by molar-refractivity contribution is 7.10. The fourth-order valence-corrected chi connectivity index (χ4v) is 2.59. The Morgan fingerprint density at radius 1 is 1.33 bits per heavy atom. The summed E-state index contributed by atoms with van der Waals surface area (Å²) in [5, 5.41) is 2.24. The minimum atomic E-state index is 0.577. The molecule has 1 aromatic heterocycles. The van der Waals surface area contributed by atoms with Gasteiger partial charge in [-0.15, -0.1) is 11.3 Å². The third kappa shape index (κ3) is 1.14. The zero-order valence-electron chi connectivity index (χ0n) is 7.37. The lowest BCUT2D eigenvalue weighted by molar-refractivity contribution is 0.995. The highest BCUT2D eigenvalue weighted by Gasteiger charge is 2.11. The minimum Gasteiger partial charge on any atom is -0.147 e. The molecule has 0 amide bonds. The lowest BCUT2D eigenvalue weighted by atomic mass is 10.1. The fourth-order valence-electron chi connectivity index (χ4n) is 1.51. The molecule has 0 saturated heterocycles. The monoisotopic (exact) mass is 176 g/mol. The predicted octanol–water partition coefficient (Wildman–Crippen LogP) is 3.74. The Morgan fingerprint density at radius 3 is 3.00 bits per heavy atom. The van der Waals surface area contributed by atoms with Gasteiger partial charge < -0.3 is 0 Å². The molecule has 1 aliphatic carbocycles. The van der Waals surface area contributed by atoms with E-state index in [-0.39, 0.29) is 0 Å². The van der Waals surface area contributed by atoms with Gasteiger partial charge in [0.2, 0.25) is 0 Å². The van der Waals surface area contributed by atoms with Gasteiger partial charge >= 0.3 is 0 Å². The summed E-state index contributed by atoms with van der Waals surface area (Å²) >= 11 is 1.87. The molecular formula is C11H12S. The van der Waals surface area contributed by atoms with E-state index in [2.05, 4.69) is 43.5 Å². The van der Waals surface area contributed by atoms with E-state index < -0.39 is 0 Å². The lowest BCUT2D eigenvalue weighted by Gasteiger charge is -2.03. The molecule has 0 fully saturated rings. The van der Waals surface area contributed by atoms with Gasteiger partial charge in [0.15, 0.2) is 0 Å². The van der Waals surface area contributed by atoms with Gasteiger partial charge in [-0.1, -0.05) is 31.2 Å². The molecule has 0 radical (unpaired) electrons. The molecule has 1 heterocycles. The van der Waals surface area contributed by atoms with Crippen LogP contribution in [0.3, 0.4) is 0 Å². The fraction of sp³-hybridized carbons (Fsp3) is 0.273. The maximum Gasteiger partial charge on any atom is 0.0186 e. The largest absolute Gasteiger partial charge is 0.147 e. The second-order valence-corrected chi connectivity index (χ2v) is 4.14. The van der Waals surface area contributed by atoms with E-state index in [1.54, 1.807) is 0 Å². The van der Waals surface area contributed by atoms with Crippen molar-refractivity contribution in [3.8, 4) is 0 Å². The lowest BCUT2D eigenvalue weighted by Crippen LogP contribution is -1.86. The zero-order chi connectivity index (χ0) is 8.55. The van der Waals surface area contributed by atoms with Crippen LogP contribution >= 0.6 is 11.3 Å². The Hall–Kier alpha value is -0.820. The SMILES string of the molecule is Cc1csc2c1C=CC=CC2C. The molecule has 1 aromatic rings. The number of aryl methyl sites for hydroxylation is 1. The molecule has 0 nitrogen and oxygen atoms in total. The van der Waals surface area contributed by atoms with Crippen molar-refractivity contribution in [2.75, 3.05) is 0 Å². The molecule has 62 valence electrons. The van der Waals surface area contributed by atoms with Crippen molar-refractivity contribution in [2.24, 2.45) is 0 Å². The van der Waals surface area contributed by atoms with Crippen molar-refractivity contribution in [3.63, 3.8) is 0 Å². The third-order valence-electron chi connectivity index (χ3n) is 2.24. The molecule has 1 heteroatoms. The Labute approximate surface area is 77.2 Å². The summed E-state index contributed by atoms with van der Waals surface area (Å²) in [6.07, 6.45) is 8.72. The van der Waals surface area contributed by atoms with Gasteiger partial charge in [0.05, 0.1) is 0 Å². The van der Waals surface area contributed by atoms with E-state index >= 15 is 0 Å². The van der Waals surface area contributed by atoms with E-state index in [0.717, 1.165) is 0 Å². The number of fused-ring (bicyclic) bond motifs is 1. The van der Waals surface area contributed by atoms with Crippen LogP contribution in [0.5, 0.6) is 0 Å². The van der Waals surface area contributed by atoms with E-state index in [1.165, 1.54) is 16.0 Å². The van der Waals surface area contributed by atoms with E-state index in [9.17, 15) is 0 Å². The zero-order valence-corrected chi connectivity index (χ0v) is 8.19. The molecule has 1 atom stereocenters. The Kier molecular flexibility index (Phi) is 1.89. The van der Waals surface area contributed by atoms with Gasteiger partial charge in [-0.3, -0.25) is 0 Å². The molecule has 0 aliphatic heterocycles. The number of hydrogen-bond acceptors (Lipinski definition) is 1. The molecule has 0 saturated carbocycles. The summed E-state index contributed by atoms with van der Waals surface area (Å²) in [6.45, 7) is 4.43. The van der Waals surface area contributed by atoms with Crippen molar-refractivity contribution >= 4 is 17.4 Å². The first-order valence-electron chi connectivity index (χ1n) is 4.22. The van der Waals surface area contributed by atoms with Crippen LogP contribution in [0.15, 0.2) is 23.6 Å². The summed E-state index contributed by atoms with van der Waals surface area (Å²) in [6, 6.07) is 0. The highest BCUT2D eigenvalue weighted by Crippen LogP contribution is 2.32. The first-order chi connectivity index (χ1) is 5.79. The smallest absolute Gasteiger partial charge is 0.0186 e. The third-order valence-corrected chi connectivity index (χ3v) is 3.56. The summed E-state index contributed by atoms with van der Waals surface area (Å²) in [7, 11) is 0. The number of rotatable bonds is 0. The first kappa shape index (κ1) is 7.81. The highest BCUT2D eigenvalue weighted by atomic mass is 32.1. The van der Waals surface area contributed by atoms with Crippen LogP contribution in [0, 0.1) is 6.92 Å². The number of allylic oxidation sites excluding steroid dienone is 3. The number of thiophene rings is 1. The molecule has 1 aliphatic rings. The molecule has 0 bridgehead atoms. The quantitative estimate of drug-likeness (QED) is 0.565.